The standard InChI is InChI=1S/C18H20ClN3O2/c1-23-13-6-7-14(17(9-13)24-2)16-10-15(21-18(20)22-16)11-4-3-5-12(19)8-11/h3-9,15-16H,10H2,1-2H3,(H3,20,21,22). The molecule has 1 aliphatic rings. The largest absolute Gasteiger partial charge is 0.497 e. The number of nitrogens with one attached hydrogen (secondary N) is 1. The lowest BCUT2D eigenvalue weighted by molar-refractivity contribution is 0.381. The van der Waals surface area contributed by atoms with Crippen LogP contribution in [0.15, 0.2) is 47.5 Å². The fourth-order valence-corrected chi connectivity index (χ4v) is 3.15. The first-order chi connectivity index (χ1) is 11.6. The van der Waals surface area contributed by atoms with Gasteiger partial charge in [-0.3, -0.25) is 0 Å². The molecule has 3 rings (SSSR count). The molecule has 0 aromatic heterocycles. The van der Waals surface area contributed by atoms with Gasteiger partial charge in [0.05, 0.1) is 26.3 Å². The molecular formula is C18H20ClN3O2. The normalized spacial score (nSPS) is 20.0. The minimum Gasteiger partial charge on any atom is -0.497 e. The van der Waals surface area contributed by atoms with Crippen molar-refractivity contribution in [3.63, 3.8) is 0 Å². The van der Waals surface area contributed by atoms with Crippen LogP contribution in [0.25, 0.3) is 0 Å². The average Bonchev–Trinajstić information content (AvgIpc) is 2.60. The summed E-state index contributed by atoms with van der Waals surface area (Å²) in [6.45, 7) is 0. The lowest BCUT2D eigenvalue weighted by Crippen LogP contribution is -2.39. The van der Waals surface area contributed by atoms with Gasteiger partial charge in [0.15, 0.2) is 5.96 Å². The van der Waals surface area contributed by atoms with E-state index in [4.69, 9.17) is 26.8 Å². The van der Waals surface area contributed by atoms with Crippen molar-refractivity contribution in [1.29, 1.82) is 0 Å². The smallest absolute Gasteiger partial charge is 0.189 e. The summed E-state index contributed by atoms with van der Waals surface area (Å²) < 4.78 is 10.8. The predicted octanol–water partition coefficient (Wildman–Crippen LogP) is 3.45. The molecular weight excluding hydrogens is 326 g/mol. The molecule has 1 heterocycles. The molecule has 3 N–H and O–H groups in total. The van der Waals surface area contributed by atoms with Crippen molar-refractivity contribution in [1.82, 2.24) is 5.32 Å². The highest BCUT2D eigenvalue weighted by Gasteiger charge is 2.27. The number of nitrogens with zero attached hydrogens (tertiary/aromatic N) is 1. The molecule has 2 aromatic carbocycles. The average molecular weight is 346 g/mol. The second kappa shape index (κ2) is 7.01. The van der Waals surface area contributed by atoms with E-state index in [2.05, 4.69) is 10.3 Å². The summed E-state index contributed by atoms with van der Waals surface area (Å²) in [7, 11) is 3.28. The van der Waals surface area contributed by atoms with Gasteiger partial charge in [0.25, 0.3) is 0 Å². The van der Waals surface area contributed by atoms with Crippen molar-refractivity contribution in [3.05, 3.63) is 58.6 Å². The van der Waals surface area contributed by atoms with E-state index in [-0.39, 0.29) is 12.1 Å². The molecule has 0 aliphatic carbocycles. The van der Waals surface area contributed by atoms with Gasteiger partial charge in [-0.05, 0) is 36.2 Å². The summed E-state index contributed by atoms with van der Waals surface area (Å²) in [6, 6.07) is 13.4. The van der Waals surface area contributed by atoms with Crippen LogP contribution < -0.4 is 20.5 Å². The summed E-state index contributed by atoms with van der Waals surface area (Å²) in [5.41, 5.74) is 8.08. The van der Waals surface area contributed by atoms with Crippen LogP contribution in [0.4, 0.5) is 0 Å². The topological polar surface area (TPSA) is 68.9 Å². The monoisotopic (exact) mass is 345 g/mol. The first-order valence-electron chi connectivity index (χ1n) is 7.68. The molecule has 0 radical (unpaired) electrons. The molecule has 0 spiro atoms. The Kier molecular flexibility index (Phi) is 4.81. The predicted molar refractivity (Wildman–Crippen MR) is 95.9 cm³/mol. The van der Waals surface area contributed by atoms with E-state index >= 15 is 0 Å². The number of halogens is 1. The van der Waals surface area contributed by atoms with Gasteiger partial charge in [0.2, 0.25) is 0 Å². The molecule has 2 unspecified atom stereocenters. The number of nitrogens with two attached hydrogens (primary N) is 1. The summed E-state index contributed by atoms with van der Waals surface area (Å²) in [4.78, 5) is 4.52. The number of guanidine groups is 1. The minimum absolute atomic E-state index is 0.00709. The van der Waals surface area contributed by atoms with Crippen LogP contribution in [0.3, 0.4) is 0 Å². The fraction of sp³-hybridized carbons (Fsp3) is 0.278. The lowest BCUT2D eigenvalue weighted by Gasteiger charge is -2.29. The Morgan fingerprint density at radius 3 is 2.71 bits per heavy atom. The maximum Gasteiger partial charge on any atom is 0.189 e. The lowest BCUT2D eigenvalue weighted by atomic mass is 9.93. The third kappa shape index (κ3) is 3.41. The van der Waals surface area contributed by atoms with Gasteiger partial charge in [-0.15, -0.1) is 0 Å². The van der Waals surface area contributed by atoms with Crippen LogP contribution in [0.5, 0.6) is 11.5 Å². The summed E-state index contributed by atoms with van der Waals surface area (Å²) >= 11 is 6.11. The molecule has 0 fully saturated rings. The Labute approximate surface area is 146 Å². The molecule has 1 aliphatic heterocycles. The number of rotatable bonds is 4. The van der Waals surface area contributed by atoms with Crippen molar-refractivity contribution in [3.8, 4) is 11.5 Å². The number of ether oxygens (including phenoxy) is 2. The van der Waals surface area contributed by atoms with Crippen LogP contribution in [-0.2, 0) is 0 Å². The van der Waals surface area contributed by atoms with Crippen molar-refractivity contribution in [2.45, 2.75) is 18.5 Å². The highest BCUT2D eigenvalue weighted by atomic mass is 35.5. The van der Waals surface area contributed by atoms with Crippen molar-refractivity contribution in [2.24, 2.45) is 10.7 Å². The van der Waals surface area contributed by atoms with Crippen LogP contribution in [0.2, 0.25) is 5.02 Å². The van der Waals surface area contributed by atoms with Crippen LogP contribution in [0, 0.1) is 0 Å². The van der Waals surface area contributed by atoms with Crippen LogP contribution in [-0.4, -0.2) is 20.2 Å². The molecule has 6 heteroatoms. The van der Waals surface area contributed by atoms with E-state index < -0.39 is 0 Å². The first kappa shape index (κ1) is 16.5. The van der Waals surface area contributed by atoms with E-state index in [1.54, 1.807) is 14.2 Å². The molecule has 0 saturated heterocycles. The Bertz CT molecular complexity index is 764. The van der Waals surface area contributed by atoms with Gasteiger partial charge in [0.1, 0.15) is 11.5 Å². The van der Waals surface area contributed by atoms with Crippen LogP contribution >= 0.6 is 11.6 Å². The quantitative estimate of drug-likeness (QED) is 0.890. The number of benzene rings is 2. The highest BCUT2D eigenvalue weighted by Crippen LogP contribution is 2.37. The third-order valence-electron chi connectivity index (χ3n) is 4.13. The summed E-state index contributed by atoms with van der Waals surface area (Å²) in [5.74, 6) is 1.92. The van der Waals surface area contributed by atoms with E-state index in [1.807, 2.05) is 42.5 Å². The second-order valence-electron chi connectivity index (χ2n) is 5.63. The maximum absolute atomic E-state index is 6.11. The molecule has 0 amide bonds. The van der Waals surface area contributed by atoms with Crippen molar-refractivity contribution in [2.75, 3.05) is 14.2 Å². The van der Waals surface area contributed by atoms with E-state index in [0.29, 0.717) is 11.0 Å². The third-order valence-corrected chi connectivity index (χ3v) is 4.36. The van der Waals surface area contributed by atoms with Gasteiger partial charge < -0.3 is 20.5 Å². The molecule has 0 saturated carbocycles. The molecule has 2 aromatic rings. The van der Waals surface area contributed by atoms with Gasteiger partial charge in [-0.2, -0.15) is 0 Å². The zero-order valence-electron chi connectivity index (χ0n) is 13.6. The fourth-order valence-electron chi connectivity index (χ4n) is 2.95. The zero-order valence-corrected chi connectivity index (χ0v) is 14.4. The van der Waals surface area contributed by atoms with Gasteiger partial charge >= 0.3 is 0 Å². The Morgan fingerprint density at radius 2 is 2.00 bits per heavy atom. The van der Waals surface area contributed by atoms with Crippen molar-refractivity contribution >= 4 is 17.6 Å². The van der Waals surface area contributed by atoms with Gasteiger partial charge in [-0.25, -0.2) is 4.99 Å². The Balaban J connectivity index is 1.92. The van der Waals surface area contributed by atoms with Crippen molar-refractivity contribution < 1.29 is 9.47 Å². The van der Waals surface area contributed by atoms with Crippen LogP contribution in [0.1, 0.15) is 29.6 Å². The first-order valence-corrected chi connectivity index (χ1v) is 8.05. The minimum atomic E-state index is -0.0539. The zero-order chi connectivity index (χ0) is 17.1. The molecule has 5 nitrogen and oxygen atoms in total. The number of hydrogen-bond donors (Lipinski definition) is 2. The molecule has 0 bridgehead atoms. The Morgan fingerprint density at radius 1 is 1.17 bits per heavy atom. The van der Waals surface area contributed by atoms with E-state index in [0.717, 1.165) is 29.0 Å². The van der Waals surface area contributed by atoms with E-state index in [1.165, 1.54) is 0 Å². The number of aliphatic imine (C=N–C) groups is 1. The summed E-state index contributed by atoms with van der Waals surface area (Å²) in [6.07, 6.45) is 0.754. The Hall–Kier alpha value is -2.40. The second-order valence-corrected chi connectivity index (χ2v) is 6.06. The molecule has 24 heavy (non-hydrogen) atoms. The summed E-state index contributed by atoms with van der Waals surface area (Å²) in [5, 5.41) is 3.93. The van der Waals surface area contributed by atoms with Gasteiger partial charge in [-0.1, -0.05) is 23.7 Å². The van der Waals surface area contributed by atoms with Gasteiger partial charge in [0, 0.05) is 16.7 Å². The highest BCUT2D eigenvalue weighted by molar-refractivity contribution is 6.30. The number of hydrogen-bond acceptors (Lipinski definition) is 5. The SMILES string of the molecule is COc1ccc(C2CC(c3cccc(Cl)c3)N=C(N)N2)c(OC)c1. The van der Waals surface area contributed by atoms with E-state index in [9.17, 15) is 0 Å². The maximum atomic E-state index is 6.11. The molecule has 2 atom stereocenters. The number of methoxy groups -OCH3 is 2. The molecule has 126 valence electrons.